The first-order valence-corrected chi connectivity index (χ1v) is 6.47. The van der Waals surface area contributed by atoms with E-state index in [9.17, 15) is 10.1 Å². The van der Waals surface area contributed by atoms with Gasteiger partial charge in [0.2, 0.25) is 0 Å². The van der Waals surface area contributed by atoms with Crippen molar-refractivity contribution in [1.29, 1.82) is 0 Å². The van der Waals surface area contributed by atoms with Crippen molar-refractivity contribution in [2.24, 2.45) is 0 Å². The van der Waals surface area contributed by atoms with Gasteiger partial charge in [-0.2, -0.15) is 0 Å². The zero-order valence-electron chi connectivity index (χ0n) is 10.0. The standard InChI is InChI=1S/C11H15IN2O4/c1-17-6-7-18-5-4-13-11-3-2-9(14(15)16)8-10(11)12/h2-3,8,13H,4-7H2,1H3. The van der Waals surface area contributed by atoms with Gasteiger partial charge in [-0.05, 0) is 28.7 Å². The highest BCUT2D eigenvalue weighted by molar-refractivity contribution is 14.1. The highest BCUT2D eigenvalue weighted by Crippen LogP contribution is 2.23. The summed E-state index contributed by atoms with van der Waals surface area (Å²) in [4.78, 5) is 10.2. The molecular weight excluding hydrogens is 351 g/mol. The Hall–Kier alpha value is -0.930. The lowest BCUT2D eigenvalue weighted by molar-refractivity contribution is -0.384. The van der Waals surface area contributed by atoms with E-state index in [1.807, 2.05) is 0 Å². The van der Waals surface area contributed by atoms with E-state index in [0.717, 1.165) is 9.26 Å². The smallest absolute Gasteiger partial charge is 0.270 e. The van der Waals surface area contributed by atoms with Crippen LogP contribution in [0.15, 0.2) is 18.2 Å². The number of hydrogen-bond donors (Lipinski definition) is 1. The lowest BCUT2D eigenvalue weighted by Crippen LogP contribution is -2.12. The van der Waals surface area contributed by atoms with Gasteiger partial charge in [0.1, 0.15) is 0 Å². The molecule has 7 heteroatoms. The van der Waals surface area contributed by atoms with E-state index in [1.165, 1.54) is 12.1 Å². The van der Waals surface area contributed by atoms with Gasteiger partial charge >= 0.3 is 0 Å². The lowest BCUT2D eigenvalue weighted by atomic mass is 10.3. The summed E-state index contributed by atoms with van der Waals surface area (Å²) in [6, 6.07) is 4.72. The van der Waals surface area contributed by atoms with Crippen molar-refractivity contribution in [3.63, 3.8) is 0 Å². The number of anilines is 1. The van der Waals surface area contributed by atoms with Crippen LogP contribution in [-0.2, 0) is 9.47 Å². The fraction of sp³-hybridized carbons (Fsp3) is 0.455. The zero-order valence-corrected chi connectivity index (χ0v) is 12.2. The van der Waals surface area contributed by atoms with E-state index in [2.05, 4.69) is 27.9 Å². The third-order valence-electron chi connectivity index (χ3n) is 2.16. The van der Waals surface area contributed by atoms with E-state index >= 15 is 0 Å². The fourth-order valence-corrected chi connectivity index (χ4v) is 1.95. The van der Waals surface area contributed by atoms with E-state index in [0.29, 0.717) is 26.4 Å². The number of nitrogens with one attached hydrogen (secondary N) is 1. The molecule has 0 fully saturated rings. The van der Waals surface area contributed by atoms with E-state index < -0.39 is 4.92 Å². The van der Waals surface area contributed by atoms with Crippen LogP contribution in [0.25, 0.3) is 0 Å². The molecule has 6 nitrogen and oxygen atoms in total. The average molecular weight is 366 g/mol. The predicted molar refractivity (Wildman–Crippen MR) is 77.0 cm³/mol. The molecule has 0 aliphatic rings. The molecule has 0 aliphatic carbocycles. The minimum atomic E-state index is -0.403. The number of methoxy groups -OCH3 is 1. The van der Waals surface area contributed by atoms with Gasteiger partial charge in [0.05, 0.1) is 24.7 Å². The molecule has 0 radical (unpaired) electrons. The number of non-ortho nitro benzene ring substituents is 1. The van der Waals surface area contributed by atoms with Crippen LogP contribution in [0.3, 0.4) is 0 Å². The van der Waals surface area contributed by atoms with Crippen molar-refractivity contribution < 1.29 is 14.4 Å². The van der Waals surface area contributed by atoms with E-state index in [-0.39, 0.29) is 5.69 Å². The Labute approximate surface area is 119 Å². The third-order valence-corrected chi connectivity index (χ3v) is 3.05. The van der Waals surface area contributed by atoms with Crippen molar-refractivity contribution in [3.05, 3.63) is 31.9 Å². The Morgan fingerprint density at radius 3 is 2.78 bits per heavy atom. The summed E-state index contributed by atoms with van der Waals surface area (Å²) in [6.07, 6.45) is 0. The van der Waals surface area contributed by atoms with Gasteiger partial charge in [-0.25, -0.2) is 0 Å². The Kier molecular flexibility index (Phi) is 6.91. The van der Waals surface area contributed by atoms with Crippen LogP contribution >= 0.6 is 22.6 Å². The summed E-state index contributed by atoms with van der Waals surface area (Å²) in [5.74, 6) is 0. The number of benzene rings is 1. The van der Waals surface area contributed by atoms with Gasteiger partial charge in [-0.15, -0.1) is 0 Å². The maximum atomic E-state index is 10.6. The number of nitro benzene ring substituents is 1. The van der Waals surface area contributed by atoms with Crippen molar-refractivity contribution in [2.75, 3.05) is 38.8 Å². The molecule has 0 aliphatic heterocycles. The van der Waals surface area contributed by atoms with Gasteiger partial charge in [0, 0.05) is 35.0 Å². The Balaban J connectivity index is 2.36. The van der Waals surface area contributed by atoms with Crippen LogP contribution in [0, 0.1) is 13.7 Å². The first-order chi connectivity index (χ1) is 8.65. The van der Waals surface area contributed by atoms with Crippen LogP contribution in [0.5, 0.6) is 0 Å². The largest absolute Gasteiger partial charge is 0.382 e. The monoisotopic (exact) mass is 366 g/mol. The van der Waals surface area contributed by atoms with E-state index in [1.54, 1.807) is 13.2 Å². The molecule has 100 valence electrons. The molecular formula is C11H15IN2O4. The quantitative estimate of drug-likeness (QED) is 0.331. The Morgan fingerprint density at radius 2 is 2.17 bits per heavy atom. The normalized spacial score (nSPS) is 10.3. The number of hydrogen-bond acceptors (Lipinski definition) is 5. The van der Waals surface area contributed by atoms with Crippen LogP contribution in [-0.4, -0.2) is 38.4 Å². The summed E-state index contributed by atoms with van der Waals surface area (Å²) in [6.45, 7) is 2.36. The van der Waals surface area contributed by atoms with Crippen molar-refractivity contribution in [2.45, 2.75) is 0 Å². The Morgan fingerprint density at radius 1 is 1.39 bits per heavy atom. The molecule has 0 atom stereocenters. The second kappa shape index (κ2) is 8.22. The Bertz CT molecular complexity index is 401. The molecule has 0 unspecified atom stereocenters. The molecule has 1 rings (SSSR count). The SMILES string of the molecule is COCCOCCNc1ccc([N+](=O)[O-])cc1I. The average Bonchev–Trinajstić information content (AvgIpc) is 2.35. The third kappa shape index (κ3) is 5.15. The molecule has 0 amide bonds. The highest BCUT2D eigenvalue weighted by Gasteiger charge is 2.08. The topological polar surface area (TPSA) is 73.6 Å². The number of nitrogens with zero attached hydrogens (tertiary/aromatic N) is 1. The second-order valence-electron chi connectivity index (χ2n) is 3.45. The maximum absolute atomic E-state index is 10.6. The highest BCUT2D eigenvalue weighted by atomic mass is 127. The van der Waals surface area contributed by atoms with Crippen LogP contribution < -0.4 is 5.32 Å². The summed E-state index contributed by atoms with van der Waals surface area (Å²) in [7, 11) is 1.63. The van der Waals surface area contributed by atoms with Crippen LogP contribution in [0.1, 0.15) is 0 Å². The van der Waals surface area contributed by atoms with Gasteiger partial charge in [-0.3, -0.25) is 10.1 Å². The summed E-state index contributed by atoms with van der Waals surface area (Å²) < 4.78 is 11.0. The molecule has 0 spiro atoms. The number of ether oxygens (including phenoxy) is 2. The first-order valence-electron chi connectivity index (χ1n) is 5.39. The minimum absolute atomic E-state index is 0.0984. The number of rotatable bonds is 8. The molecule has 1 aromatic carbocycles. The van der Waals surface area contributed by atoms with Crippen molar-refractivity contribution in [3.8, 4) is 0 Å². The minimum Gasteiger partial charge on any atom is -0.382 e. The number of nitro groups is 1. The molecule has 0 saturated carbocycles. The molecule has 0 aromatic heterocycles. The zero-order chi connectivity index (χ0) is 13.4. The molecule has 1 aromatic rings. The molecule has 18 heavy (non-hydrogen) atoms. The first kappa shape index (κ1) is 15.1. The summed E-state index contributed by atoms with van der Waals surface area (Å²) in [5.41, 5.74) is 0.970. The van der Waals surface area contributed by atoms with Crippen LogP contribution in [0.2, 0.25) is 0 Å². The van der Waals surface area contributed by atoms with Crippen molar-refractivity contribution in [1.82, 2.24) is 0 Å². The van der Waals surface area contributed by atoms with E-state index in [4.69, 9.17) is 9.47 Å². The molecule has 0 bridgehead atoms. The fourth-order valence-electron chi connectivity index (χ4n) is 1.26. The summed E-state index contributed by atoms with van der Waals surface area (Å²) >= 11 is 2.07. The van der Waals surface area contributed by atoms with Gasteiger partial charge in [0.15, 0.2) is 0 Å². The lowest BCUT2D eigenvalue weighted by Gasteiger charge is -2.08. The molecule has 0 saturated heterocycles. The summed E-state index contributed by atoms with van der Waals surface area (Å²) in [5, 5.41) is 13.7. The second-order valence-corrected chi connectivity index (χ2v) is 4.62. The van der Waals surface area contributed by atoms with Crippen LogP contribution in [0.4, 0.5) is 11.4 Å². The molecule has 0 heterocycles. The maximum Gasteiger partial charge on any atom is 0.270 e. The van der Waals surface area contributed by atoms with Gasteiger partial charge < -0.3 is 14.8 Å². The molecule has 1 N–H and O–H groups in total. The van der Waals surface area contributed by atoms with Crippen molar-refractivity contribution >= 4 is 34.0 Å². The van der Waals surface area contributed by atoms with Gasteiger partial charge in [-0.1, -0.05) is 0 Å². The predicted octanol–water partition coefficient (Wildman–Crippen LogP) is 2.27. The number of halogens is 1. The van der Waals surface area contributed by atoms with Gasteiger partial charge in [0.25, 0.3) is 5.69 Å².